The van der Waals surface area contributed by atoms with E-state index in [-0.39, 0.29) is 6.03 Å². The number of hydrogen-bond acceptors (Lipinski definition) is 3. The molecule has 0 aliphatic carbocycles. The number of hydrogen-bond donors (Lipinski definition) is 2. The van der Waals surface area contributed by atoms with Gasteiger partial charge in [0.2, 0.25) is 0 Å². The standard InChI is InChI=1S/C6H10N4O/c7-3-5(8)4-10-2-1-9-6(10)11/h5H,1-2,4,8H2,(H,9,11)/t5-/m1/s1. The molecule has 3 N–H and O–H groups in total. The van der Waals surface area contributed by atoms with E-state index >= 15 is 0 Å². The number of nitrogens with one attached hydrogen (secondary N) is 1. The van der Waals surface area contributed by atoms with Gasteiger partial charge in [-0.25, -0.2) is 4.79 Å². The summed E-state index contributed by atoms with van der Waals surface area (Å²) in [4.78, 5) is 12.4. The van der Waals surface area contributed by atoms with E-state index in [1.54, 1.807) is 0 Å². The van der Waals surface area contributed by atoms with Gasteiger partial charge in [-0.3, -0.25) is 0 Å². The van der Waals surface area contributed by atoms with Gasteiger partial charge in [0.05, 0.1) is 12.6 Å². The fourth-order valence-corrected chi connectivity index (χ4v) is 0.964. The van der Waals surface area contributed by atoms with E-state index in [1.807, 2.05) is 6.07 Å². The lowest BCUT2D eigenvalue weighted by molar-refractivity contribution is 0.216. The third kappa shape index (κ3) is 1.82. The van der Waals surface area contributed by atoms with E-state index in [1.165, 1.54) is 4.90 Å². The average Bonchev–Trinajstić information content (AvgIpc) is 2.37. The molecule has 1 aliphatic rings. The Morgan fingerprint density at radius 3 is 3.09 bits per heavy atom. The summed E-state index contributed by atoms with van der Waals surface area (Å²) < 4.78 is 0. The van der Waals surface area contributed by atoms with Crippen LogP contribution in [0.3, 0.4) is 0 Å². The fraction of sp³-hybridized carbons (Fsp3) is 0.667. The van der Waals surface area contributed by atoms with Gasteiger partial charge < -0.3 is 16.0 Å². The number of amides is 2. The zero-order chi connectivity index (χ0) is 8.27. The summed E-state index contributed by atoms with van der Waals surface area (Å²) in [6.45, 7) is 1.62. The van der Waals surface area contributed by atoms with Crippen LogP contribution >= 0.6 is 0 Å². The van der Waals surface area contributed by atoms with Crippen LogP contribution in [0.1, 0.15) is 0 Å². The first kappa shape index (κ1) is 7.82. The van der Waals surface area contributed by atoms with E-state index < -0.39 is 6.04 Å². The molecule has 0 spiro atoms. The molecule has 1 aliphatic heterocycles. The van der Waals surface area contributed by atoms with Gasteiger partial charge in [-0.1, -0.05) is 0 Å². The monoisotopic (exact) mass is 154 g/mol. The molecule has 1 atom stereocenters. The molecule has 60 valence electrons. The molecule has 0 unspecified atom stereocenters. The first-order valence-corrected chi connectivity index (χ1v) is 3.42. The largest absolute Gasteiger partial charge is 0.336 e. The lowest BCUT2D eigenvalue weighted by atomic mass is 10.3. The van der Waals surface area contributed by atoms with E-state index in [0.717, 1.165) is 0 Å². The van der Waals surface area contributed by atoms with Crippen LogP contribution in [0.15, 0.2) is 0 Å². The van der Waals surface area contributed by atoms with Gasteiger partial charge in [0.25, 0.3) is 0 Å². The third-order valence-electron chi connectivity index (χ3n) is 1.53. The van der Waals surface area contributed by atoms with Crippen LogP contribution in [-0.4, -0.2) is 36.6 Å². The SMILES string of the molecule is N#C[C@@H](N)CN1CCNC1=O. The molecular formula is C6H10N4O. The molecule has 0 aromatic rings. The Hall–Kier alpha value is -1.28. The van der Waals surface area contributed by atoms with Crippen molar-refractivity contribution in [3.05, 3.63) is 0 Å². The molecule has 5 nitrogen and oxygen atoms in total. The van der Waals surface area contributed by atoms with Crippen LogP contribution in [0.2, 0.25) is 0 Å². The van der Waals surface area contributed by atoms with Gasteiger partial charge in [-0.2, -0.15) is 5.26 Å². The van der Waals surface area contributed by atoms with Crippen molar-refractivity contribution in [1.29, 1.82) is 5.26 Å². The summed E-state index contributed by atoms with van der Waals surface area (Å²) in [6.07, 6.45) is 0. The first-order chi connectivity index (χ1) is 5.24. The molecule has 5 heteroatoms. The Kier molecular flexibility index (Phi) is 2.28. The van der Waals surface area contributed by atoms with Gasteiger partial charge in [-0.05, 0) is 0 Å². The van der Waals surface area contributed by atoms with Crippen molar-refractivity contribution in [2.75, 3.05) is 19.6 Å². The first-order valence-electron chi connectivity index (χ1n) is 3.42. The summed E-state index contributed by atoms with van der Waals surface area (Å²) >= 11 is 0. The third-order valence-corrected chi connectivity index (χ3v) is 1.53. The zero-order valence-corrected chi connectivity index (χ0v) is 6.08. The van der Waals surface area contributed by atoms with E-state index in [4.69, 9.17) is 11.0 Å². The maximum atomic E-state index is 10.9. The number of carbonyl (C=O) groups excluding carboxylic acids is 1. The van der Waals surface area contributed by atoms with Gasteiger partial charge in [0.15, 0.2) is 0 Å². The molecule has 2 amide bonds. The quantitative estimate of drug-likeness (QED) is 0.527. The Labute approximate surface area is 64.8 Å². The normalized spacial score (nSPS) is 19.3. The minimum atomic E-state index is -0.571. The van der Waals surface area contributed by atoms with E-state index in [0.29, 0.717) is 19.6 Å². The van der Waals surface area contributed by atoms with Gasteiger partial charge in [0.1, 0.15) is 6.04 Å². The van der Waals surface area contributed by atoms with Crippen molar-refractivity contribution in [1.82, 2.24) is 10.2 Å². The Balaban J connectivity index is 2.38. The summed E-state index contributed by atoms with van der Waals surface area (Å²) in [7, 11) is 0. The predicted octanol–water partition coefficient (Wildman–Crippen LogP) is -1.14. The molecule has 1 saturated heterocycles. The molecule has 1 fully saturated rings. The van der Waals surface area contributed by atoms with E-state index in [2.05, 4.69) is 5.32 Å². The van der Waals surface area contributed by atoms with Crippen molar-refractivity contribution in [2.24, 2.45) is 5.73 Å². The number of rotatable bonds is 2. The van der Waals surface area contributed by atoms with Crippen LogP contribution < -0.4 is 11.1 Å². The number of nitriles is 1. The molecule has 0 aromatic heterocycles. The smallest absolute Gasteiger partial charge is 0.317 e. The maximum absolute atomic E-state index is 10.9. The van der Waals surface area contributed by atoms with Gasteiger partial charge in [0, 0.05) is 13.1 Å². The highest BCUT2D eigenvalue weighted by Gasteiger charge is 2.20. The molecule has 11 heavy (non-hydrogen) atoms. The number of urea groups is 1. The minimum absolute atomic E-state index is 0.129. The molecule has 0 bridgehead atoms. The summed E-state index contributed by atoms with van der Waals surface area (Å²) in [5.74, 6) is 0. The molecule has 0 saturated carbocycles. The molecule has 1 rings (SSSR count). The van der Waals surface area contributed by atoms with Crippen molar-refractivity contribution >= 4 is 6.03 Å². The number of carbonyl (C=O) groups is 1. The topological polar surface area (TPSA) is 82.2 Å². The van der Waals surface area contributed by atoms with Crippen LogP contribution in [-0.2, 0) is 0 Å². The molecule has 1 heterocycles. The van der Waals surface area contributed by atoms with Crippen LogP contribution in [0.4, 0.5) is 4.79 Å². The fourth-order valence-electron chi connectivity index (χ4n) is 0.964. The second kappa shape index (κ2) is 3.21. The second-order valence-electron chi connectivity index (χ2n) is 2.41. The van der Waals surface area contributed by atoms with Gasteiger partial charge >= 0.3 is 6.03 Å². The number of nitrogens with zero attached hydrogens (tertiary/aromatic N) is 2. The van der Waals surface area contributed by atoms with E-state index in [9.17, 15) is 4.79 Å². The van der Waals surface area contributed by atoms with Crippen molar-refractivity contribution in [3.63, 3.8) is 0 Å². The Morgan fingerprint density at radius 1 is 1.91 bits per heavy atom. The van der Waals surface area contributed by atoms with Crippen molar-refractivity contribution in [3.8, 4) is 6.07 Å². The Morgan fingerprint density at radius 2 is 2.64 bits per heavy atom. The lowest BCUT2D eigenvalue weighted by Crippen LogP contribution is -2.38. The highest BCUT2D eigenvalue weighted by molar-refractivity contribution is 5.76. The number of nitrogens with two attached hydrogens (primary N) is 1. The maximum Gasteiger partial charge on any atom is 0.317 e. The zero-order valence-electron chi connectivity index (χ0n) is 6.08. The van der Waals surface area contributed by atoms with Crippen LogP contribution in [0.5, 0.6) is 0 Å². The van der Waals surface area contributed by atoms with Crippen LogP contribution in [0, 0.1) is 11.3 Å². The van der Waals surface area contributed by atoms with Gasteiger partial charge in [-0.15, -0.1) is 0 Å². The summed E-state index contributed by atoms with van der Waals surface area (Å²) in [5, 5.41) is 11.0. The highest BCUT2D eigenvalue weighted by Crippen LogP contribution is 1.96. The minimum Gasteiger partial charge on any atom is -0.336 e. The molecule has 0 aromatic carbocycles. The predicted molar refractivity (Wildman–Crippen MR) is 38.6 cm³/mol. The van der Waals surface area contributed by atoms with Crippen molar-refractivity contribution in [2.45, 2.75) is 6.04 Å². The average molecular weight is 154 g/mol. The lowest BCUT2D eigenvalue weighted by Gasteiger charge is -2.14. The highest BCUT2D eigenvalue weighted by atomic mass is 16.2. The van der Waals surface area contributed by atoms with Crippen LogP contribution in [0.25, 0.3) is 0 Å². The summed E-state index contributed by atoms with van der Waals surface area (Å²) in [6, 6.07) is 1.17. The molecule has 0 radical (unpaired) electrons. The second-order valence-corrected chi connectivity index (χ2v) is 2.41. The molecular weight excluding hydrogens is 144 g/mol. The summed E-state index contributed by atoms with van der Waals surface area (Å²) in [5.41, 5.74) is 5.33. The van der Waals surface area contributed by atoms with Crippen molar-refractivity contribution < 1.29 is 4.79 Å². The Bertz CT molecular complexity index is 197.